The van der Waals surface area contributed by atoms with Crippen molar-refractivity contribution in [3.8, 4) is 0 Å². The molecular weight excluding hydrogens is 357 g/mol. The second-order valence-electron chi connectivity index (χ2n) is 7.06. The minimum absolute atomic E-state index is 0.128. The summed E-state index contributed by atoms with van der Waals surface area (Å²) in [5, 5.41) is 0.804. The van der Waals surface area contributed by atoms with Crippen LogP contribution in [-0.2, 0) is 0 Å². The van der Waals surface area contributed by atoms with Crippen LogP contribution in [0.4, 0.5) is 10.2 Å². The molecule has 0 unspecified atom stereocenters. The zero-order valence-electron chi connectivity index (χ0n) is 14.0. The fraction of sp³-hybridized carbons (Fsp3) is 0.474. The van der Waals surface area contributed by atoms with Crippen molar-refractivity contribution in [2.45, 2.75) is 48.4 Å². The first-order chi connectivity index (χ1) is 12.2. The lowest BCUT2D eigenvalue weighted by atomic mass is 9.77. The number of nitrogens with zero attached hydrogens (tertiary/aromatic N) is 3. The Labute approximate surface area is 157 Å². The van der Waals surface area contributed by atoms with Crippen molar-refractivity contribution in [2.75, 3.05) is 18.0 Å². The third-order valence-electron chi connectivity index (χ3n) is 5.56. The monoisotopic (exact) mass is 377 g/mol. The third-order valence-corrected chi connectivity index (χ3v) is 6.80. The largest absolute Gasteiger partial charge is 0.355 e. The number of halogens is 2. The fourth-order valence-electron chi connectivity index (χ4n) is 4.04. The highest BCUT2D eigenvalue weighted by Crippen LogP contribution is 2.46. The van der Waals surface area contributed by atoms with Gasteiger partial charge in [0, 0.05) is 13.1 Å². The summed E-state index contributed by atoms with van der Waals surface area (Å²) in [6.45, 7) is 2.12. The van der Waals surface area contributed by atoms with Crippen LogP contribution in [-0.4, -0.2) is 23.1 Å². The minimum Gasteiger partial charge on any atom is -0.355 e. The Balaban J connectivity index is 1.41. The molecule has 0 bridgehead atoms. The van der Waals surface area contributed by atoms with Crippen molar-refractivity contribution in [3.63, 3.8) is 0 Å². The van der Waals surface area contributed by atoms with E-state index in [2.05, 4.69) is 14.9 Å². The van der Waals surface area contributed by atoms with Gasteiger partial charge in [0.1, 0.15) is 10.8 Å². The number of piperidine rings is 1. The average molecular weight is 378 g/mol. The van der Waals surface area contributed by atoms with E-state index in [0.29, 0.717) is 15.3 Å². The maximum absolute atomic E-state index is 14.0. The SMILES string of the molecule is Fc1c(Cl)cccc1Sc1cnc(N2CCC3(CCCC3)CC2)cn1. The molecule has 1 aliphatic heterocycles. The molecular formula is C19H21ClFN3S. The molecule has 2 heterocycles. The maximum Gasteiger partial charge on any atom is 0.155 e. The molecule has 25 heavy (non-hydrogen) atoms. The van der Waals surface area contributed by atoms with Gasteiger partial charge < -0.3 is 4.90 Å². The molecule has 1 aromatic carbocycles. The number of benzene rings is 1. The molecule has 4 rings (SSSR count). The van der Waals surface area contributed by atoms with Gasteiger partial charge in [-0.2, -0.15) is 0 Å². The Morgan fingerprint density at radius 1 is 1.04 bits per heavy atom. The highest BCUT2D eigenvalue weighted by atomic mass is 35.5. The first-order valence-corrected chi connectivity index (χ1v) is 10.0. The number of anilines is 1. The van der Waals surface area contributed by atoms with Crippen LogP contribution < -0.4 is 4.90 Å². The molecule has 1 saturated carbocycles. The first kappa shape index (κ1) is 17.1. The second kappa shape index (κ2) is 7.12. The van der Waals surface area contributed by atoms with E-state index in [4.69, 9.17) is 11.6 Å². The van der Waals surface area contributed by atoms with Crippen LogP contribution in [0.2, 0.25) is 5.02 Å². The van der Waals surface area contributed by atoms with Crippen LogP contribution >= 0.6 is 23.4 Å². The van der Waals surface area contributed by atoms with Gasteiger partial charge in [-0.3, -0.25) is 0 Å². The van der Waals surface area contributed by atoms with Gasteiger partial charge >= 0.3 is 0 Å². The van der Waals surface area contributed by atoms with E-state index >= 15 is 0 Å². The molecule has 132 valence electrons. The molecule has 1 spiro atoms. The number of hydrogen-bond donors (Lipinski definition) is 0. The van der Waals surface area contributed by atoms with Gasteiger partial charge in [-0.1, -0.05) is 42.3 Å². The topological polar surface area (TPSA) is 29.0 Å². The molecule has 0 atom stereocenters. The van der Waals surface area contributed by atoms with Crippen LogP contribution in [0.15, 0.2) is 40.5 Å². The van der Waals surface area contributed by atoms with Gasteiger partial charge in [0.05, 0.1) is 22.3 Å². The number of rotatable bonds is 3. The summed E-state index contributed by atoms with van der Waals surface area (Å²) >= 11 is 7.07. The molecule has 2 fully saturated rings. The summed E-state index contributed by atoms with van der Waals surface area (Å²) in [6.07, 6.45) is 11.6. The first-order valence-electron chi connectivity index (χ1n) is 8.84. The summed E-state index contributed by atoms with van der Waals surface area (Å²) in [7, 11) is 0. The highest BCUT2D eigenvalue weighted by Gasteiger charge is 2.37. The fourth-order valence-corrected chi connectivity index (χ4v) is 5.05. The molecule has 1 saturated heterocycles. The number of aromatic nitrogens is 2. The van der Waals surface area contributed by atoms with Crippen LogP contribution in [0.25, 0.3) is 0 Å². The predicted molar refractivity (Wildman–Crippen MR) is 99.9 cm³/mol. The van der Waals surface area contributed by atoms with E-state index < -0.39 is 5.82 Å². The van der Waals surface area contributed by atoms with Crippen molar-refractivity contribution in [1.82, 2.24) is 9.97 Å². The Morgan fingerprint density at radius 3 is 2.48 bits per heavy atom. The van der Waals surface area contributed by atoms with Gasteiger partial charge in [-0.15, -0.1) is 0 Å². The van der Waals surface area contributed by atoms with Crippen molar-refractivity contribution in [3.05, 3.63) is 41.4 Å². The minimum atomic E-state index is -0.405. The molecule has 3 nitrogen and oxygen atoms in total. The van der Waals surface area contributed by atoms with Crippen molar-refractivity contribution < 1.29 is 4.39 Å². The van der Waals surface area contributed by atoms with Crippen molar-refractivity contribution in [1.29, 1.82) is 0 Å². The highest BCUT2D eigenvalue weighted by molar-refractivity contribution is 7.99. The van der Waals surface area contributed by atoms with E-state index in [1.165, 1.54) is 50.3 Å². The van der Waals surface area contributed by atoms with Gasteiger partial charge in [0.15, 0.2) is 5.82 Å². The van der Waals surface area contributed by atoms with Gasteiger partial charge in [-0.05, 0) is 43.2 Å². The van der Waals surface area contributed by atoms with Gasteiger partial charge in [0.2, 0.25) is 0 Å². The predicted octanol–water partition coefficient (Wildman–Crippen LogP) is 5.58. The van der Waals surface area contributed by atoms with E-state index in [-0.39, 0.29) is 5.02 Å². The molecule has 1 aliphatic carbocycles. The lowest BCUT2D eigenvalue weighted by Gasteiger charge is -2.39. The summed E-state index contributed by atoms with van der Waals surface area (Å²) < 4.78 is 14.0. The number of hydrogen-bond acceptors (Lipinski definition) is 4. The molecule has 0 radical (unpaired) electrons. The van der Waals surface area contributed by atoms with Gasteiger partial charge in [0.25, 0.3) is 0 Å². The van der Waals surface area contributed by atoms with Crippen LogP contribution in [0.3, 0.4) is 0 Å². The average Bonchev–Trinajstić information content (AvgIpc) is 3.09. The third kappa shape index (κ3) is 3.63. The smallest absolute Gasteiger partial charge is 0.155 e. The van der Waals surface area contributed by atoms with Gasteiger partial charge in [-0.25, -0.2) is 14.4 Å². The van der Waals surface area contributed by atoms with Crippen molar-refractivity contribution >= 4 is 29.2 Å². The molecule has 2 aromatic rings. The van der Waals surface area contributed by atoms with E-state index in [1.54, 1.807) is 30.6 Å². The summed E-state index contributed by atoms with van der Waals surface area (Å²) in [5.41, 5.74) is 0.601. The zero-order valence-corrected chi connectivity index (χ0v) is 15.6. The molecule has 6 heteroatoms. The molecule has 0 amide bonds. The van der Waals surface area contributed by atoms with E-state index in [9.17, 15) is 4.39 Å². The summed E-state index contributed by atoms with van der Waals surface area (Å²) in [6, 6.07) is 4.98. The normalized spacial score (nSPS) is 19.5. The zero-order chi connectivity index (χ0) is 17.3. The van der Waals surface area contributed by atoms with E-state index in [1.807, 2.05) is 0 Å². The van der Waals surface area contributed by atoms with Crippen LogP contribution in [0.5, 0.6) is 0 Å². The lowest BCUT2D eigenvalue weighted by Crippen LogP contribution is -2.39. The van der Waals surface area contributed by atoms with E-state index in [0.717, 1.165) is 18.9 Å². The Bertz CT molecular complexity index is 737. The van der Waals surface area contributed by atoms with Crippen LogP contribution in [0.1, 0.15) is 38.5 Å². The lowest BCUT2D eigenvalue weighted by molar-refractivity contribution is 0.226. The summed E-state index contributed by atoms with van der Waals surface area (Å²) in [4.78, 5) is 11.8. The van der Waals surface area contributed by atoms with Crippen LogP contribution in [0, 0.1) is 11.2 Å². The molecule has 1 aromatic heterocycles. The maximum atomic E-state index is 14.0. The standard InChI is InChI=1S/C19H21ClFN3S/c20-14-4-3-5-15(18(14)21)25-17-13-22-16(12-23-17)24-10-8-19(9-11-24)6-1-2-7-19/h3-5,12-13H,1-2,6-11H2. The summed E-state index contributed by atoms with van der Waals surface area (Å²) in [5.74, 6) is 0.515. The Kier molecular flexibility index (Phi) is 4.87. The Morgan fingerprint density at radius 2 is 1.80 bits per heavy atom. The molecule has 0 N–H and O–H groups in total. The Hall–Kier alpha value is -1.33. The quantitative estimate of drug-likeness (QED) is 0.698. The van der Waals surface area contributed by atoms with Crippen molar-refractivity contribution in [2.24, 2.45) is 5.41 Å². The second-order valence-corrected chi connectivity index (χ2v) is 8.53. The molecule has 2 aliphatic rings.